The van der Waals surface area contributed by atoms with Gasteiger partial charge >= 0.3 is 0 Å². The molecule has 0 amide bonds. The number of hydrogen-bond acceptors (Lipinski definition) is 5. The highest BCUT2D eigenvalue weighted by molar-refractivity contribution is 7.89. The van der Waals surface area contributed by atoms with E-state index >= 15 is 0 Å². The van der Waals surface area contributed by atoms with Crippen molar-refractivity contribution >= 4 is 28.1 Å². The molecule has 0 bridgehead atoms. The van der Waals surface area contributed by atoms with Gasteiger partial charge in [-0.1, -0.05) is 6.07 Å². The molecule has 3 N–H and O–H groups in total. The van der Waals surface area contributed by atoms with Gasteiger partial charge in [0.2, 0.25) is 0 Å². The monoisotopic (exact) mass is 313 g/mol. The van der Waals surface area contributed by atoms with Crippen LogP contribution in [0.4, 0.5) is 10.1 Å². The lowest BCUT2D eigenvalue weighted by molar-refractivity contribution is -0.388. The third-order valence-electron chi connectivity index (χ3n) is 2.12. The van der Waals surface area contributed by atoms with E-state index < -0.39 is 37.4 Å². The smallest absolute Gasteiger partial charge is 0.292 e. The Labute approximate surface area is 115 Å². The second-order valence-corrected chi connectivity index (χ2v) is 5.25. The molecule has 0 fully saturated rings. The van der Waals surface area contributed by atoms with Crippen molar-refractivity contribution in [1.29, 1.82) is 0 Å². The second kappa shape index (κ2) is 6.75. The maximum Gasteiger partial charge on any atom is 0.292 e. The lowest BCUT2D eigenvalue weighted by Crippen LogP contribution is -2.38. The quantitative estimate of drug-likeness (QED) is 0.615. The number of hydrogen-bond donors (Lipinski definition) is 2. The maximum atomic E-state index is 13.5. The number of benzene rings is 1. The van der Waals surface area contributed by atoms with Crippen LogP contribution in [0.3, 0.4) is 0 Å². The van der Waals surface area contributed by atoms with Gasteiger partial charge in [0.15, 0.2) is 4.90 Å². The van der Waals surface area contributed by atoms with Crippen molar-refractivity contribution in [3.63, 3.8) is 0 Å². The molecule has 0 saturated heterocycles. The Morgan fingerprint density at radius 1 is 1.53 bits per heavy atom. The number of nitrogens with one attached hydrogen (secondary N) is 1. The molecule has 0 aromatic heterocycles. The van der Waals surface area contributed by atoms with Crippen LogP contribution in [0, 0.1) is 15.9 Å². The standard InChI is InChI=1S/C9H12FN3O4S.ClH/c1-6(5-11)12-18(16,17)9-7(10)3-2-4-8(9)13(14)15;/h2-4,6,12H,5,11H2,1H3;1H/t6-;/m1./s1. The van der Waals surface area contributed by atoms with Crippen molar-refractivity contribution in [3.05, 3.63) is 34.1 Å². The average molecular weight is 314 g/mol. The highest BCUT2D eigenvalue weighted by Gasteiger charge is 2.30. The van der Waals surface area contributed by atoms with Crippen LogP contribution in [0.2, 0.25) is 0 Å². The highest BCUT2D eigenvalue weighted by atomic mass is 35.5. The molecule has 1 rings (SSSR count). The second-order valence-electron chi connectivity index (χ2n) is 3.60. The number of nitrogens with zero attached hydrogens (tertiary/aromatic N) is 1. The van der Waals surface area contributed by atoms with Crippen molar-refractivity contribution in [2.75, 3.05) is 6.54 Å². The molecule has 0 unspecified atom stereocenters. The summed E-state index contributed by atoms with van der Waals surface area (Å²) in [5, 5.41) is 10.7. The zero-order valence-corrected chi connectivity index (χ0v) is 11.5. The lowest BCUT2D eigenvalue weighted by Gasteiger charge is -2.12. The Morgan fingerprint density at radius 2 is 2.11 bits per heavy atom. The lowest BCUT2D eigenvalue weighted by atomic mass is 10.3. The van der Waals surface area contributed by atoms with E-state index in [1.807, 2.05) is 0 Å². The third kappa shape index (κ3) is 4.10. The number of rotatable bonds is 5. The molecule has 108 valence electrons. The molecule has 0 aliphatic carbocycles. The first-order chi connectivity index (χ1) is 8.29. The van der Waals surface area contributed by atoms with Crippen LogP contribution < -0.4 is 10.5 Å². The van der Waals surface area contributed by atoms with Gasteiger partial charge in [-0.25, -0.2) is 17.5 Å². The largest absolute Gasteiger partial charge is 0.329 e. The summed E-state index contributed by atoms with van der Waals surface area (Å²) in [6.07, 6.45) is 0. The van der Waals surface area contributed by atoms with Gasteiger partial charge in [0.1, 0.15) is 5.82 Å². The van der Waals surface area contributed by atoms with Crippen LogP contribution in [0.1, 0.15) is 6.92 Å². The first kappa shape index (κ1) is 17.7. The molecular formula is C9H13ClFN3O4S. The molecule has 1 aromatic carbocycles. The average Bonchev–Trinajstić information content (AvgIpc) is 2.27. The Bertz CT molecular complexity index is 567. The molecular weight excluding hydrogens is 301 g/mol. The summed E-state index contributed by atoms with van der Waals surface area (Å²) in [6.45, 7) is 1.45. The number of halogens is 2. The Hall–Kier alpha value is -1.29. The van der Waals surface area contributed by atoms with Gasteiger partial charge in [0, 0.05) is 18.7 Å². The van der Waals surface area contributed by atoms with Gasteiger partial charge in [0.25, 0.3) is 15.7 Å². The van der Waals surface area contributed by atoms with E-state index in [-0.39, 0.29) is 19.0 Å². The molecule has 1 atom stereocenters. The van der Waals surface area contributed by atoms with Gasteiger partial charge in [-0.3, -0.25) is 10.1 Å². The van der Waals surface area contributed by atoms with Crippen LogP contribution in [-0.2, 0) is 10.0 Å². The van der Waals surface area contributed by atoms with Crippen LogP contribution in [0.5, 0.6) is 0 Å². The van der Waals surface area contributed by atoms with Crippen molar-refractivity contribution in [2.24, 2.45) is 5.73 Å². The Kier molecular flexibility index (Phi) is 6.30. The van der Waals surface area contributed by atoms with Crippen LogP contribution in [0.15, 0.2) is 23.1 Å². The highest BCUT2D eigenvalue weighted by Crippen LogP contribution is 2.26. The summed E-state index contributed by atoms with van der Waals surface area (Å²) < 4.78 is 39.2. The van der Waals surface area contributed by atoms with Gasteiger partial charge in [-0.05, 0) is 13.0 Å². The van der Waals surface area contributed by atoms with Gasteiger partial charge in [-0.15, -0.1) is 12.4 Å². The molecule has 7 nitrogen and oxygen atoms in total. The molecule has 0 aliphatic heterocycles. The summed E-state index contributed by atoms with van der Waals surface area (Å²) in [7, 11) is -4.32. The molecule has 19 heavy (non-hydrogen) atoms. The fraction of sp³-hybridized carbons (Fsp3) is 0.333. The minimum absolute atomic E-state index is 0. The predicted octanol–water partition coefficient (Wildman–Crippen LogP) is 0.781. The van der Waals surface area contributed by atoms with E-state index in [0.29, 0.717) is 0 Å². The van der Waals surface area contributed by atoms with Crippen molar-refractivity contribution in [2.45, 2.75) is 17.9 Å². The Morgan fingerprint density at radius 3 is 2.58 bits per heavy atom. The fourth-order valence-corrected chi connectivity index (χ4v) is 2.77. The van der Waals surface area contributed by atoms with E-state index in [4.69, 9.17) is 5.73 Å². The van der Waals surface area contributed by atoms with Gasteiger partial charge < -0.3 is 5.73 Å². The van der Waals surface area contributed by atoms with Crippen LogP contribution >= 0.6 is 12.4 Å². The van der Waals surface area contributed by atoms with E-state index in [1.54, 1.807) is 0 Å². The number of sulfonamides is 1. The van der Waals surface area contributed by atoms with E-state index in [1.165, 1.54) is 6.92 Å². The number of nitro groups is 1. The zero-order valence-electron chi connectivity index (χ0n) is 9.87. The molecule has 0 spiro atoms. The number of nitrogens with two attached hydrogens (primary N) is 1. The van der Waals surface area contributed by atoms with E-state index in [0.717, 1.165) is 18.2 Å². The van der Waals surface area contributed by atoms with E-state index in [9.17, 15) is 22.9 Å². The van der Waals surface area contributed by atoms with Crippen molar-refractivity contribution < 1.29 is 17.7 Å². The molecule has 0 saturated carbocycles. The van der Waals surface area contributed by atoms with Gasteiger partial charge in [-0.2, -0.15) is 0 Å². The summed E-state index contributed by atoms with van der Waals surface area (Å²) in [4.78, 5) is 8.77. The summed E-state index contributed by atoms with van der Waals surface area (Å²) >= 11 is 0. The first-order valence-electron chi connectivity index (χ1n) is 4.95. The fourth-order valence-electron chi connectivity index (χ4n) is 1.28. The minimum Gasteiger partial charge on any atom is -0.329 e. The minimum atomic E-state index is -4.32. The zero-order chi connectivity index (χ0) is 13.9. The molecule has 0 heterocycles. The van der Waals surface area contributed by atoms with Gasteiger partial charge in [0.05, 0.1) is 4.92 Å². The van der Waals surface area contributed by atoms with E-state index in [2.05, 4.69) is 4.72 Å². The molecule has 10 heteroatoms. The summed E-state index contributed by atoms with van der Waals surface area (Å²) in [5.74, 6) is -1.18. The Balaban J connectivity index is 0.00000324. The normalized spacial score (nSPS) is 12.6. The van der Waals surface area contributed by atoms with Crippen molar-refractivity contribution in [3.8, 4) is 0 Å². The van der Waals surface area contributed by atoms with Crippen LogP contribution in [-0.4, -0.2) is 25.9 Å². The van der Waals surface area contributed by atoms with Crippen LogP contribution in [0.25, 0.3) is 0 Å². The maximum absolute atomic E-state index is 13.5. The molecule has 1 aromatic rings. The molecule has 0 aliphatic rings. The summed E-state index contributed by atoms with van der Waals surface area (Å²) in [5.41, 5.74) is 4.43. The third-order valence-corrected chi connectivity index (χ3v) is 3.78. The molecule has 0 radical (unpaired) electrons. The van der Waals surface area contributed by atoms with Crippen molar-refractivity contribution in [1.82, 2.24) is 4.72 Å². The summed E-state index contributed by atoms with van der Waals surface area (Å²) in [6, 6.07) is 2.17. The first-order valence-corrected chi connectivity index (χ1v) is 6.43. The number of nitro benzene ring substituents is 1. The predicted molar refractivity (Wildman–Crippen MR) is 69.1 cm³/mol. The SMILES string of the molecule is C[C@H](CN)NS(=O)(=O)c1c(F)cccc1[N+](=O)[O-].Cl. The topological polar surface area (TPSA) is 115 Å².